The van der Waals surface area contributed by atoms with Crippen LogP contribution in [-0.4, -0.2) is 39.5 Å². The molecule has 2 aromatic rings. The van der Waals surface area contributed by atoms with Gasteiger partial charge in [-0.25, -0.2) is 8.42 Å². The summed E-state index contributed by atoms with van der Waals surface area (Å²) in [6.07, 6.45) is 1.78. The summed E-state index contributed by atoms with van der Waals surface area (Å²) in [7, 11) is -1.26. The Morgan fingerprint density at radius 1 is 1.07 bits per heavy atom. The quantitative estimate of drug-likeness (QED) is 0.497. The van der Waals surface area contributed by atoms with Crippen LogP contribution in [0.2, 0.25) is 0 Å². The number of sulfone groups is 1. The lowest BCUT2D eigenvalue weighted by Gasteiger charge is -2.17. The Labute approximate surface area is 168 Å². The molecule has 0 radical (unpaired) electrons. The van der Waals surface area contributed by atoms with Crippen molar-refractivity contribution in [2.75, 3.05) is 19.1 Å². The van der Waals surface area contributed by atoms with Gasteiger partial charge in [0.2, 0.25) is 0 Å². The zero-order chi connectivity index (χ0) is 20.4. The van der Waals surface area contributed by atoms with Crippen molar-refractivity contribution in [2.45, 2.75) is 32.5 Å². The third-order valence-electron chi connectivity index (χ3n) is 4.16. The van der Waals surface area contributed by atoms with E-state index in [4.69, 9.17) is 4.74 Å². The maximum Gasteiger partial charge on any atom is 0.191 e. The van der Waals surface area contributed by atoms with E-state index in [0.29, 0.717) is 25.5 Å². The Morgan fingerprint density at radius 3 is 2.36 bits per heavy atom. The molecule has 0 saturated heterocycles. The molecule has 0 aromatic heterocycles. The summed E-state index contributed by atoms with van der Waals surface area (Å²) >= 11 is 0. The molecule has 0 aliphatic carbocycles. The fourth-order valence-electron chi connectivity index (χ4n) is 2.52. The van der Waals surface area contributed by atoms with Gasteiger partial charge in [-0.3, -0.25) is 4.99 Å². The molecule has 28 heavy (non-hydrogen) atoms. The first-order valence-corrected chi connectivity index (χ1v) is 11.3. The fraction of sp³-hybridized carbons (Fsp3) is 0.381. The van der Waals surface area contributed by atoms with Gasteiger partial charge in [-0.2, -0.15) is 0 Å². The van der Waals surface area contributed by atoms with E-state index in [9.17, 15) is 8.42 Å². The van der Waals surface area contributed by atoms with Gasteiger partial charge in [-0.1, -0.05) is 42.5 Å². The van der Waals surface area contributed by atoms with Crippen molar-refractivity contribution in [2.24, 2.45) is 4.99 Å². The monoisotopic (exact) mass is 403 g/mol. The number of benzene rings is 2. The number of hydrogen-bond acceptors (Lipinski definition) is 4. The van der Waals surface area contributed by atoms with Crippen molar-refractivity contribution < 1.29 is 13.2 Å². The minimum Gasteiger partial charge on any atom is -0.489 e. The predicted molar refractivity (Wildman–Crippen MR) is 114 cm³/mol. The van der Waals surface area contributed by atoms with Crippen LogP contribution in [0.3, 0.4) is 0 Å². The Kier molecular flexibility index (Phi) is 8.32. The molecule has 0 amide bonds. The van der Waals surface area contributed by atoms with E-state index in [-0.39, 0.29) is 11.8 Å². The van der Waals surface area contributed by atoms with Crippen LogP contribution in [0.25, 0.3) is 0 Å². The summed E-state index contributed by atoms with van der Waals surface area (Å²) in [6.45, 7) is 3.09. The molecule has 0 spiro atoms. The standard InChI is InChI=1S/C21H29N3O3S/c1-17(13-14-28(3,25)26)24-21(22-2)23-15-18-9-11-20(12-10-18)27-16-19-7-5-4-6-8-19/h4-12,17H,13-16H2,1-3H3,(H2,22,23,24). The van der Waals surface area contributed by atoms with Gasteiger partial charge >= 0.3 is 0 Å². The highest BCUT2D eigenvalue weighted by atomic mass is 32.2. The van der Waals surface area contributed by atoms with Crippen LogP contribution in [0.15, 0.2) is 59.6 Å². The van der Waals surface area contributed by atoms with E-state index in [1.807, 2.05) is 61.5 Å². The summed E-state index contributed by atoms with van der Waals surface area (Å²) in [6, 6.07) is 18.0. The van der Waals surface area contributed by atoms with E-state index in [1.165, 1.54) is 6.26 Å². The third kappa shape index (κ3) is 8.43. The van der Waals surface area contributed by atoms with Crippen LogP contribution < -0.4 is 15.4 Å². The molecule has 0 fully saturated rings. The molecule has 2 N–H and O–H groups in total. The van der Waals surface area contributed by atoms with Crippen LogP contribution in [0.1, 0.15) is 24.5 Å². The summed E-state index contributed by atoms with van der Waals surface area (Å²) in [5.74, 6) is 1.62. The van der Waals surface area contributed by atoms with Gasteiger partial charge in [0.15, 0.2) is 5.96 Å². The van der Waals surface area contributed by atoms with Crippen molar-refractivity contribution in [1.29, 1.82) is 0 Å². The van der Waals surface area contributed by atoms with Gasteiger partial charge in [-0.05, 0) is 36.6 Å². The van der Waals surface area contributed by atoms with E-state index in [2.05, 4.69) is 15.6 Å². The van der Waals surface area contributed by atoms with Crippen LogP contribution in [0.4, 0.5) is 0 Å². The number of rotatable bonds is 9. The van der Waals surface area contributed by atoms with Crippen LogP contribution in [0, 0.1) is 0 Å². The smallest absolute Gasteiger partial charge is 0.191 e. The van der Waals surface area contributed by atoms with Gasteiger partial charge in [0.05, 0.1) is 5.75 Å². The summed E-state index contributed by atoms with van der Waals surface area (Å²) in [5, 5.41) is 6.45. The first-order chi connectivity index (χ1) is 13.4. The minimum atomic E-state index is -2.96. The second-order valence-corrected chi connectivity index (χ2v) is 9.07. The number of nitrogens with zero attached hydrogens (tertiary/aromatic N) is 1. The molecule has 6 nitrogen and oxygen atoms in total. The second kappa shape index (κ2) is 10.7. The summed E-state index contributed by atoms with van der Waals surface area (Å²) in [5.41, 5.74) is 2.23. The first kappa shape index (κ1) is 21.8. The SMILES string of the molecule is CN=C(NCc1ccc(OCc2ccccc2)cc1)NC(C)CCS(C)(=O)=O. The van der Waals surface area contributed by atoms with Crippen LogP contribution >= 0.6 is 0 Å². The highest BCUT2D eigenvalue weighted by molar-refractivity contribution is 7.90. The highest BCUT2D eigenvalue weighted by Gasteiger charge is 2.09. The summed E-state index contributed by atoms with van der Waals surface area (Å²) in [4.78, 5) is 4.19. The number of hydrogen-bond donors (Lipinski definition) is 2. The Balaban J connectivity index is 1.77. The Morgan fingerprint density at radius 2 is 1.75 bits per heavy atom. The molecule has 2 aromatic carbocycles. The molecular weight excluding hydrogens is 374 g/mol. The largest absolute Gasteiger partial charge is 0.489 e. The lowest BCUT2D eigenvalue weighted by molar-refractivity contribution is 0.306. The van der Waals surface area contributed by atoms with Crippen molar-refractivity contribution in [3.63, 3.8) is 0 Å². The zero-order valence-electron chi connectivity index (χ0n) is 16.7. The molecule has 0 aliphatic heterocycles. The van der Waals surface area contributed by atoms with Crippen molar-refractivity contribution in [3.05, 3.63) is 65.7 Å². The molecular formula is C21H29N3O3S. The molecule has 0 saturated carbocycles. The number of ether oxygens (including phenoxy) is 1. The van der Waals surface area contributed by atoms with Gasteiger partial charge in [-0.15, -0.1) is 0 Å². The van der Waals surface area contributed by atoms with Crippen LogP contribution in [0.5, 0.6) is 5.75 Å². The van der Waals surface area contributed by atoms with E-state index < -0.39 is 9.84 Å². The molecule has 7 heteroatoms. The molecule has 0 bridgehead atoms. The average Bonchev–Trinajstić information content (AvgIpc) is 2.69. The highest BCUT2D eigenvalue weighted by Crippen LogP contribution is 2.14. The molecule has 1 atom stereocenters. The molecule has 1 unspecified atom stereocenters. The van der Waals surface area contributed by atoms with Crippen molar-refractivity contribution in [3.8, 4) is 5.75 Å². The third-order valence-corrected chi connectivity index (χ3v) is 5.14. The minimum absolute atomic E-state index is 0.00897. The summed E-state index contributed by atoms with van der Waals surface area (Å²) < 4.78 is 28.3. The predicted octanol–water partition coefficient (Wildman–Crippen LogP) is 2.75. The molecule has 2 rings (SSSR count). The van der Waals surface area contributed by atoms with Crippen molar-refractivity contribution >= 4 is 15.8 Å². The molecule has 152 valence electrons. The van der Waals surface area contributed by atoms with Gasteiger partial charge in [0.1, 0.15) is 22.2 Å². The number of aliphatic imine (C=N–C) groups is 1. The Hall–Kier alpha value is -2.54. The van der Waals surface area contributed by atoms with Gasteiger partial charge < -0.3 is 15.4 Å². The van der Waals surface area contributed by atoms with E-state index in [0.717, 1.165) is 16.9 Å². The van der Waals surface area contributed by atoms with Crippen molar-refractivity contribution in [1.82, 2.24) is 10.6 Å². The second-order valence-electron chi connectivity index (χ2n) is 6.81. The Bertz CT molecular complexity index is 850. The topological polar surface area (TPSA) is 79.8 Å². The van der Waals surface area contributed by atoms with Crippen LogP contribution in [-0.2, 0) is 23.0 Å². The molecule has 0 aliphatic rings. The first-order valence-electron chi connectivity index (χ1n) is 9.26. The van der Waals surface area contributed by atoms with Gasteiger partial charge in [0.25, 0.3) is 0 Å². The van der Waals surface area contributed by atoms with E-state index >= 15 is 0 Å². The molecule has 0 heterocycles. The maximum atomic E-state index is 11.3. The normalized spacial score (nSPS) is 13.0. The average molecular weight is 404 g/mol. The lowest BCUT2D eigenvalue weighted by atomic mass is 10.2. The fourth-order valence-corrected chi connectivity index (χ4v) is 3.30. The lowest BCUT2D eigenvalue weighted by Crippen LogP contribution is -2.42. The van der Waals surface area contributed by atoms with E-state index in [1.54, 1.807) is 7.05 Å². The number of guanidine groups is 1. The zero-order valence-corrected chi connectivity index (χ0v) is 17.5. The maximum absolute atomic E-state index is 11.3. The van der Waals surface area contributed by atoms with Gasteiger partial charge in [0, 0.05) is 25.9 Å². The number of nitrogens with one attached hydrogen (secondary N) is 2.